The van der Waals surface area contributed by atoms with Crippen LogP contribution >= 0.6 is 23.0 Å². The van der Waals surface area contributed by atoms with Gasteiger partial charge in [0.05, 0.1) is 11.6 Å². The number of hydrogen-bond acceptors (Lipinski definition) is 2. The van der Waals surface area contributed by atoms with Crippen LogP contribution in [0.15, 0.2) is 48.5 Å². The van der Waals surface area contributed by atoms with Crippen molar-refractivity contribution >= 4 is 23.0 Å². The van der Waals surface area contributed by atoms with Crippen molar-refractivity contribution in [2.75, 3.05) is 0 Å². The Morgan fingerprint density at radius 3 is 1.81 bits per heavy atom. The zero-order chi connectivity index (χ0) is 11.4. The fourth-order valence-corrected chi connectivity index (χ4v) is 1.73. The van der Waals surface area contributed by atoms with Gasteiger partial charge in [-0.15, -0.1) is 0 Å². The minimum absolute atomic E-state index is 0.677. The molecule has 2 rings (SSSR count). The fourth-order valence-electron chi connectivity index (χ4n) is 1.44. The lowest BCUT2D eigenvalue weighted by Crippen LogP contribution is -1.79. The van der Waals surface area contributed by atoms with Crippen molar-refractivity contribution in [3.05, 3.63) is 54.1 Å². The van der Waals surface area contributed by atoms with Crippen LogP contribution in [0.5, 0.6) is 5.75 Å². The highest BCUT2D eigenvalue weighted by Crippen LogP contribution is 2.23. The van der Waals surface area contributed by atoms with Gasteiger partial charge >= 0.3 is 0 Å². The predicted octanol–water partition coefficient (Wildman–Crippen LogP) is 3.95. The lowest BCUT2D eigenvalue weighted by Gasteiger charge is -2.02. The first kappa shape index (κ1) is 11.0. The molecule has 0 aromatic heterocycles. The van der Waals surface area contributed by atoms with E-state index in [1.165, 1.54) is 0 Å². The third kappa shape index (κ3) is 2.34. The molecule has 0 amide bonds. The quantitative estimate of drug-likeness (QED) is 0.785. The highest BCUT2D eigenvalue weighted by atomic mass is 127. The Balaban J connectivity index is 2.32. The summed E-state index contributed by atoms with van der Waals surface area (Å²) in [5.41, 5.74) is 2.89. The van der Waals surface area contributed by atoms with Gasteiger partial charge in [0.2, 0.25) is 0 Å². The molecule has 2 aromatic carbocycles. The van der Waals surface area contributed by atoms with Crippen LogP contribution in [0.1, 0.15) is 5.56 Å². The second-order valence-corrected chi connectivity index (χ2v) is 3.73. The van der Waals surface area contributed by atoms with Gasteiger partial charge in [0, 0.05) is 0 Å². The normalized spacial score (nSPS) is 9.50. The molecule has 0 heterocycles. The van der Waals surface area contributed by atoms with Crippen molar-refractivity contribution in [1.82, 2.24) is 0 Å². The Labute approximate surface area is 108 Å². The third-order valence-corrected chi connectivity index (χ3v) is 2.80. The van der Waals surface area contributed by atoms with Crippen molar-refractivity contribution in [2.45, 2.75) is 0 Å². The number of benzene rings is 2. The average molecular weight is 321 g/mol. The predicted molar refractivity (Wildman–Crippen MR) is 71.2 cm³/mol. The van der Waals surface area contributed by atoms with E-state index in [9.17, 15) is 0 Å². The third-order valence-electron chi connectivity index (χ3n) is 2.29. The molecule has 0 fully saturated rings. The summed E-state index contributed by atoms with van der Waals surface area (Å²) < 4.78 is 5.07. The molecule has 3 heteroatoms. The summed E-state index contributed by atoms with van der Waals surface area (Å²) in [5, 5.41) is 8.70. The SMILES string of the molecule is N#Cc1ccc(-c2ccc(OI)cc2)cc1. The van der Waals surface area contributed by atoms with Gasteiger partial charge in [-0.1, -0.05) is 24.3 Å². The lowest BCUT2D eigenvalue weighted by molar-refractivity contribution is 0.717. The van der Waals surface area contributed by atoms with Gasteiger partial charge in [-0.2, -0.15) is 5.26 Å². The Morgan fingerprint density at radius 2 is 1.38 bits per heavy atom. The first-order chi connectivity index (χ1) is 7.83. The van der Waals surface area contributed by atoms with Crippen LogP contribution in [0.25, 0.3) is 11.1 Å². The van der Waals surface area contributed by atoms with Crippen molar-refractivity contribution in [3.63, 3.8) is 0 Å². The second-order valence-electron chi connectivity index (χ2n) is 3.29. The Kier molecular flexibility index (Phi) is 3.42. The van der Waals surface area contributed by atoms with E-state index >= 15 is 0 Å². The Hall–Kier alpha value is -1.54. The molecular weight excluding hydrogens is 313 g/mol. The second kappa shape index (κ2) is 4.99. The van der Waals surface area contributed by atoms with E-state index in [4.69, 9.17) is 8.33 Å². The molecule has 0 radical (unpaired) electrons. The fraction of sp³-hybridized carbons (Fsp3) is 0. The van der Waals surface area contributed by atoms with Crippen molar-refractivity contribution < 1.29 is 3.07 Å². The van der Waals surface area contributed by atoms with Gasteiger partial charge in [0.1, 0.15) is 5.75 Å². The molecule has 0 saturated heterocycles. The largest absolute Gasteiger partial charge is 0.428 e. The van der Waals surface area contributed by atoms with Crippen LogP contribution in [0.4, 0.5) is 0 Å². The minimum Gasteiger partial charge on any atom is -0.428 e. The van der Waals surface area contributed by atoms with Crippen LogP contribution in [-0.4, -0.2) is 0 Å². The molecule has 78 valence electrons. The number of nitrogens with zero attached hydrogens (tertiary/aromatic N) is 1. The highest BCUT2D eigenvalue weighted by molar-refractivity contribution is 14.1. The van der Waals surface area contributed by atoms with Crippen LogP contribution < -0.4 is 3.07 Å². The molecule has 0 spiro atoms. The van der Waals surface area contributed by atoms with Crippen molar-refractivity contribution in [3.8, 4) is 22.9 Å². The molecule has 0 unspecified atom stereocenters. The summed E-state index contributed by atoms with van der Waals surface area (Å²) in [7, 11) is 0. The van der Waals surface area contributed by atoms with E-state index in [2.05, 4.69) is 6.07 Å². The van der Waals surface area contributed by atoms with Crippen LogP contribution in [0.3, 0.4) is 0 Å². The monoisotopic (exact) mass is 321 g/mol. The zero-order valence-corrected chi connectivity index (χ0v) is 10.5. The smallest absolute Gasteiger partial charge is 0.192 e. The number of nitriles is 1. The van der Waals surface area contributed by atoms with E-state index in [-0.39, 0.29) is 0 Å². The maximum Gasteiger partial charge on any atom is 0.192 e. The molecule has 2 aromatic rings. The van der Waals surface area contributed by atoms with Crippen LogP contribution in [-0.2, 0) is 0 Å². The van der Waals surface area contributed by atoms with Gasteiger partial charge in [-0.05, 0) is 35.4 Å². The molecular formula is C13H8INO. The highest BCUT2D eigenvalue weighted by Gasteiger charge is 1.98. The minimum atomic E-state index is 0.677. The molecule has 0 aliphatic carbocycles. The van der Waals surface area contributed by atoms with E-state index in [1.54, 1.807) is 0 Å². The number of rotatable bonds is 2. The van der Waals surface area contributed by atoms with Gasteiger partial charge in [0.25, 0.3) is 0 Å². The Bertz CT molecular complexity index is 511. The molecule has 0 saturated carbocycles. The summed E-state index contributed by atoms with van der Waals surface area (Å²) in [6, 6.07) is 17.4. The van der Waals surface area contributed by atoms with Crippen LogP contribution in [0, 0.1) is 11.3 Å². The summed E-state index contributed by atoms with van der Waals surface area (Å²) in [6.45, 7) is 0. The Morgan fingerprint density at radius 1 is 0.875 bits per heavy atom. The van der Waals surface area contributed by atoms with E-state index in [1.807, 2.05) is 71.5 Å². The van der Waals surface area contributed by atoms with Gasteiger partial charge in [0.15, 0.2) is 23.0 Å². The lowest BCUT2D eigenvalue weighted by atomic mass is 10.0. The standard InChI is InChI=1S/C13H8INO/c14-16-13-7-5-12(6-8-13)11-3-1-10(9-15)2-4-11/h1-8H. The molecule has 0 aliphatic rings. The zero-order valence-electron chi connectivity index (χ0n) is 8.35. The molecule has 0 aliphatic heterocycles. The molecule has 2 nitrogen and oxygen atoms in total. The van der Waals surface area contributed by atoms with Crippen LogP contribution in [0.2, 0.25) is 0 Å². The van der Waals surface area contributed by atoms with E-state index in [0.717, 1.165) is 16.9 Å². The topological polar surface area (TPSA) is 33.0 Å². The number of hydrogen-bond donors (Lipinski definition) is 0. The van der Waals surface area contributed by atoms with E-state index < -0.39 is 0 Å². The summed E-state index contributed by atoms with van der Waals surface area (Å²) >= 11 is 1.85. The van der Waals surface area contributed by atoms with Crippen molar-refractivity contribution in [2.24, 2.45) is 0 Å². The van der Waals surface area contributed by atoms with E-state index in [0.29, 0.717) is 5.56 Å². The summed E-state index contributed by atoms with van der Waals surface area (Å²) in [4.78, 5) is 0. The molecule has 0 bridgehead atoms. The van der Waals surface area contributed by atoms with Crippen molar-refractivity contribution in [1.29, 1.82) is 5.26 Å². The first-order valence-corrected chi connectivity index (χ1v) is 5.61. The molecule has 0 N–H and O–H groups in total. The summed E-state index contributed by atoms with van der Waals surface area (Å²) in [6.07, 6.45) is 0. The first-order valence-electron chi connectivity index (χ1n) is 4.72. The number of halogens is 1. The van der Waals surface area contributed by atoms with Gasteiger partial charge in [-0.25, -0.2) is 0 Å². The maximum absolute atomic E-state index is 8.70. The maximum atomic E-state index is 8.70. The summed E-state index contributed by atoms with van der Waals surface area (Å²) in [5.74, 6) is 0.831. The average Bonchev–Trinajstić information content (AvgIpc) is 2.39. The van der Waals surface area contributed by atoms with Gasteiger partial charge < -0.3 is 3.07 Å². The molecule has 16 heavy (non-hydrogen) atoms. The van der Waals surface area contributed by atoms with Gasteiger partial charge in [-0.3, -0.25) is 0 Å². The molecule has 0 atom stereocenters.